The average Bonchev–Trinajstić information content (AvgIpc) is 2.40. The first-order valence-corrected chi connectivity index (χ1v) is 5.72. The molecule has 3 nitrogen and oxygen atoms in total. The number of nitrogens with two attached hydrogens (primary N) is 1. The predicted molar refractivity (Wildman–Crippen MR) is 71.1 cm³/mol. The van der Waals surface area contributed by atoms with Gasteiger partial charge < -0.3 is 10.5 Å². The molecular formula is C15H14N2O. The van der Waals surface area contributed by atoms with Crippen LogP contribution < -0.4 is 10.5 Å². The number of nitrogen functional groups attached to an aromatic ring is 1. The molecule has 0 aliphatic carbocycles. The summed E-state index contributed by atoms with van der Waals surface area (Å²) in [5, 5.41) is 8.99. The van der Waals surface area contributed by atoms with E-state index in [1.807, 2.05) is 43.3 Å². The monoisotopic (exact) mass is 238 g/mol. The maximum Gasteiger partial charge on any atom is 0.137 e. The van der Waals surface area contributed by atoms with Gasteiger partial charge in [-0.1, -0.05) is 24.3 Å². The fraction of sp³-hybridized carbons (Fsp3) is 0.133. The zero-order chi connectivity index (χ0) is 13.0. The van der Waals surface area contributed by atoms with E-state index in [9.17, 15) is 0 Å². The quantitative estimate of drug-likeness (QED) is 0.835. The van der Waals surface area contributed by atoms with E-state index >= 15 is 0 Å². The highest BCUT2D eigenvalue weighted by molar-refractivity contribution is 5.43. The molecule has 2 rings (SSSR count). The molecule has 1 atom stereocenters. The zero-order valence-corrected chi connectivity index (χ0v) is 10.1. The lowest BCUT2D eigenvalue weighted by atomic mass is 10.1. The van der Waals surface area contributed by atoms with Crippen molar-refractivity contribution in [2.45, 2.75) is 13.0 Å². The van der Waals surface area contributed by atoms with Crippen LogP contribution in [0.25, 0.3) is 0 Å². The summed E-state index contributed by atoms with van der Waals surface area (Å²) in [6.07, 6.45) is -0.125. The number of hydrogen-bond acceptors (Lipinski definition) is 3. The first-order chi connectivity index (χ1) is 8.70. The van der Waals surface area contributed by atoms with Crippen molar-refractivity contribution in [3.63, 3.8) is 0 Å². The standard InChI is InChI=1S/C15H14N2O/c1-11(12-6-8-14(17)9-7-12)18-15-5-3-2-4-13(15)10-16/h2-9,11H,17H2,1H3. The van der Waals surface area contributed by atoms with Crippen molar-refractivity contribution in [3.8, 4) is 11.8 Å². The predicted octanol–water partition coefficient (Wildman–Crippen LogP) is 3.28. The molecule has 2 N–H and O–H groups in total. The van der Waals surface area contributed by atoms with Gasteiger partial charge in [0.2, 0.25) is 0 Å². The molecule has 18 heavy (non-hydrogen) atoms. The summed E-state index contributed by atoms with van der Waals surface area (Å²) < 4.78 is 5.80. The van der Waals surface area contributed by atoms with Crippen LogP contribution in [-0.4, -0.2) is 0 Å². The highest BCUT2D eigenvalue weighted by Gasteiger charge is 2.09. The molecular weight excluding hydrogens is 224 g/mol. The summed E-state index contributed by atoms with van der Waals surface area (Å²) in [5.74, 6) is 0.601. The SMILES string of the molecule is CC(Oc1ccccc1C#N)c1ccc(N)cc1. The molecule has 0 radical (unpaired) electrons. The Bertz CT molecular complexity index is 570. The fourth-order valence-corrected chi connectivity index (χ4v) is 1.69. The average molecular weight is 238 g/mol. The number of nitrogens with zero attached hydrogens (tertiary/aromatic N) is 1. The number of nitriles is 1. The minimum Gasteiger partial charge on any atom is -0.485 e. The molecule has 0 heterocycles. The topological polar surface area (TPSA) is 59.0 Å². The van der Waals surface area contributed by atoms with Crippen molar-refractivity contribution in [2.75, 3.05) is 5.73 Å². The Morgan fingerprint density at radius 1 is 1.11 bits per heavy atom. The molecule has 0 spiro atoms. The number of rotatable bonds is 3. The van der Waals surface area contributed by atoms with Crippen LogP contribution in [0.1, 0.15) is 24.2 Å². The zero-order valence-electron chi connectivity index (χ0n) is 10.1. The van der Waals surface area contributed by atoms with Crippen LogP contribution in [0.4, 0.5) is 5.69 Å². The molecule has 0 fully saturated rings. The van der Waals surface area contributed by atoms with Crippen LogP contribution in [0.3, 0.4) is 0 Å². The van der Waals surface area contributed by atoms with Crippen molar-refractivity contribution in [1.82, 2.24) is 0 Å². The van der Waals surface area contributed by atoms with E-state index in [1.54, 1.807) is 12.1 Å². The lowest BCUT2D eigenvalue weighted by Crippen LogP contribution is -2.04. The second-order valence-corrected chi connectivity index (χ2v) is 4.03. The normalized spacial score (nSPS) is 11.6. The van der Waals surface area contributed by atoms with Crippen LogP contribution in [0.5, 0.6) is 5.75 Å². The van der Waals surface area contributed by atoms with Gasteiger partial charge in [0.15, 0.2) is 0 Å². The molecule has 2 aromatic carbocycles. The van der Waals surface area contributed by atoms with Gasteiger partial charge in [0, 0.05) is 5.69 Å². The Kier molecular flexibility index (Phi) is 3.49. The minimum absolute atomic E-state index is 0.125. The van der Waals surface area contributed by atoms with Gasteiger partial charge in [-0.05, 0) is 36.8 Å². The summed E-state index contributed by atoms with van der Waals surface area (Å²) in [6, 6.07) is 16.9. The molecule has 90 valence electrons. The molecule has 0 saturated carbocycles. The van der Waals surface area contributed by atoms with Crippen molar-refractivity contribution >= 4 is 5.69 Å². The number of hydrogen-bond donors (Lipinski definition) is 1. The Morgan fingerprint density at radius 2 is 1.78 bits per heavy atom. The van der Waals surface area contributed by atoms with E-state index in [-0.39, 0.29) is 6.10 Å². The lowest BCUT2D eigenvalue weighted by molar-refractivity contribution is 0.226. The summed E-state index contributed by atoms with van der Waals surface area (Å²) in [6.45, 7) is 1.94. The van der Waals surface area contributed by atoms with Gasteiger partial charge in [-0.2, -0.15) is 5.26 Å². The Balaban J connectivity index is 2.19. The molecule has 0 amide bonds. The van der Waals surface area contributed by atoms with E-state index in [1.165, 1.54) is 0 Å². The summed E-state index contributed by atoms with van der Waals surface area (Å²) in [7, 11) is 0. The molecule has 0 aliphatic heterocycles. The van der Waals surface area contributed by atoms with Crippen molar-refractivity contribution in [1.29, 1.82) is 5.26 Å². The van der Waals surface area contributed by atoms with Gasteiger partial charge in [0.1, 0.15) is 17.9 Å². The van der Waals surface area contributed by atoms with Crippen molar-refractivity contribution in [2.24, 2.45) is 0 Å². The Labute approximate surface area is 106 Å². The lowest BCUT2D eigenvalue weighted by Gasteiger charge is -2.16. The van der Waals surface area contributed by atoms with E-state index < -0.39 is 0 Å². The van der Waals surface area contributed by atoms with Gasteiger partial charge in [-0.25, -0.2) is 0 Å². The molecule has 0 saturated heterocycles. The third-order valence-corrected chi connectivity index (χ3v) is 2.72. The summed E-state index contributed by atoms with van der Waals surface area (Å²) >= 11 is 0. The smallest absolute Gasteiger partial charge is 0.137 e. The van der Waals surface area contributed by atoms with Crippen LogP contribution in [-0.2, 0) is 0 Å². The van der Waals surface area contributed by atoms with Gasteiger partial charge in [-0.15, -0.1) is 0 Å². The Hall–Kier alpha value is -2.47. The maximum absolute atomic E-state index is 8.99. The maximum atomic E-state index is 8.99. The second-order valence-electron chi connectivity index (χ2n) is 4.03. The van der Waals surface area contributed by atoms with E-state index in [0.29, 0.717) is 11.3 Å². The van der Waals surface area contributed by atoms with E-state index in [4.69, 9.17) is 15.7 Å². The molecule has 2 aromatic rings. The Morgan fingerprint density at radius 3 is 2.44 bits per heavy atom. The highest BCUT2D eigenvalue weighted by Crippen LogP contribution is 2.25. The van der Waals surface area contributed by atoms with Gasteiger partial charge >= 0.3 is 0 Å². The molecule has 0 aromatic heterocycles. The second kappa shape index (κ2) is 5.24. The van der Waals surface area contributed by atoms with E-state index in [0.717, 1.165) is 11.3 Å². The highest BCUT2D eigenvalue weighted by atomic mass is 16.5. The van der Waals surface area contributed by atoms with Gasteiger partial charge in [-0.3, -0.25) is 0 Å². The molecule has 0 aliphatic rings. The number of anilines is 1. The first kappa shape index (κ1) is 12.0. The first-order valence-electron chi connectivity index (χ1n) is 5.72. The number of benzene rings is 2. The molecule has 3 heteroatoms. The van der Waals surface area contributed by atoms with Crippen molar-refractivity contribution in [3.05, 3.63) is 59.7 Å². The van der Waals surface area contributed by atoms with E-state index in [2.05, 4.69) is 6.07 Å². The molecule has 1 unspecified atom stereocenters. The van der Waals surface area contributed by atoms with Crippen LogP contribution in [0, 0.1) is 11.3 Å². The molecule has 0 bridgehead atoms. The third-order valence-electron chi connectivity index (χ3n) is 2.72. The fourth-order valence-electron chi connectivity index (χ4n) is 1.69. The largest absolute Gasteiger partial charge is 0.485 e. The number of ether oxygens (including phenoxy) is 1. The minimum atomic E-state index is -0.125. The van der Waals surface area contributed by atoms with Gasteiger partial charge in [0.05, 0.1) is 5.56 Å². The van der Waals surface area contributed by atoms with Crippen LogP contribution >= 0.6 is 0 Å². The summed E-state index contributed by atoms with van der Waals surface area (Å²) in [4.78, 5) is 0. The third kappa shape index (κ3) is 2.61. The number of para-hydroxylation sites is 1. The van der Waals surface area contributed by atoms with Crippen molar-refractivity contribution < 1.29 is 4.74 Å². The summed E-state index contributed by atoms with van der Waals surface area (Å²) in [5.41, 5.74) is 7.93. The van der Waals surface area contributed by atoms with Crippen LogP contribution in [0.2, 0.25) is 0 Å². The van der Waals surface area contributed by atoms with Gasteiger partial charge in [0.25, 0.3) is 0 Å². The van der Waals surface area contributed by atoms with Crippen LogP contribution in [0.15, 0.2) is 48.5 Å².